The molecule has 1 unspecified atom stereocenters. The van der Waals surface area contributed by atoms with E-state index in [4.69, 9.17) is 5.73 Å². The quantitative estimate of drug-likeness (QED) is 0.943. The van der Waals surface area contributed by atoms with Gasteiger partial charge in [-0.05, 0) is 44.9 Å². The van der Waals surface area contributed by atoms with Gasteiger partial charge in [-0.2, -0.15) is 13.2 Å². The zero-order valence-electron chi connectivity index (χ0n) is 12.2. The van der Waals surface area contributed by atoms with E-state index in [1.807, 2.05) is 0 Å². The van der Waals surface area contributed by atoms with Gasteiger partial charge < -0.3 is 10.3 Å². The first-order chi connectivity index (χ1) is 9.70. The highest BCUT2D eigenvalue weighted by Crippen LogP contribution is 2.35. The number of halogens is 3. The van der Waals surface area contributed by atoms with Crippen LogP contribution in [0.15, 0.2) is 24.5 Å². The summed E-state index contributed by atoms with van der Waals surface area (Å²) in [6.07, 6.45) is -2.60. The Morgan fingerprint density at radius 3 is 2.43 bits per heavy atom. The van der Waals surface area contributed by atoms with Gasteiger partial charge in [0.2, 0.25) is 0 Å². The Hall–Kier alpha value is -1.82. The van der Waals surface area contributed by atoms with E-state index >= 15 is 0 Å². The lowest BCUT2D eigenvalue weighted by molar-refractivity contribution is -0.137. The monoisotopic (exact) mass is 297 g/mol. The first-order valence-corrected chi connectivity index (χ1v) is 6.66. The number of alkyl halides is 3. The average molecular weight is 297 g/mol. The number of hydrogen-bond donors (Lipinski definition) is 1. The Morgan fingerprint density at radius 2 is 1.95 bits per heavy atom. The zero-order valence-corrected chi connectivity index (χ0v) is 12.2. The van der Waals surface area contributed by atoms with Crippen LogP contribution >= 0.6 is 0 Å². The lowest BCUT2D eigenvalue weighted by Gasteiger charge is -2.17. The third-order valence-electron chi connectivity index (χ3n) is 3.44. The van der Waals surface area contributed by atoms with Crippen molar-refractivity contribution in [2.75, 3.05) is 0 Å². The molecular weight excluding hydrogens is 279 g/mol. The van der Waals surface area contributed by atoms with E-state index in [0.29, 0.717) is 23.4 Å². The SMILES string of the molecule is Cc1ncn(-c2ccc(CC(C)N)cc2C(F)(F)F)c1C. The summed E-state index contributed by atoms with van der Waals surface area (Å²) in [6, 6.07) is 4.15. The minimum absolute atomic E-state index is 0.0917. The van der Waals surface area contributed by atoms with Crippen LogP contribution in [0, 0.1) is 13.8 Å². The van der Waals surface area contributed by atoms with E-state index in [0.717, 1.165) is 0 Å². The van der Waals surface area contributed by atoms with Gasteiger partial charge in [-0.3, -0.25) is 0 Å². The molecule has 0 radical (unpaired) electrons. The van der Waals surface area contributed by atoms with Crippen molar-refractivity contribution >= 4 is 0 Å². The van der Waals surface area contributed by atoms with Gasteiger partial charge in [-0.1, -0.05) is 6.07 Å². The van der Waals surface area contributed by atoms with Gasteiger partial charge in [-0.15, -0.1) is 0 Å². The van der Waals surface area contributed by atoms with Crippen LogP contribution in [0.3, 0.4) is 0 Å². The van der Waals surface area contributed by atoms with Gasteiger partial charge in [0.25, 0.3) is 0 Å². The molecule has 2 rings (SSSR count). The van der Waals surface area contributed by atoms with Gasteiger partial charge in [-0.25, -0.2) is 4.98 Å². The third-order valence-corrected chi connectivity index (χ3v) is 3.44. The molecule has 0 amide bonds. The fourth-order valence-electron chi connectivity index (χ4n) is 2.26. The van der Waals surface area contributed by atoms with Crippen molar-refractivity contribution in [2.45, 2.75) is 39.4 Å². The van der Waals surface area contributed by atoms with Crippen molar-refractivity contribution in [3.8, 4) is 5.69 Å². The predicted molar refractivity (Wildman–Crippen MR) is 75.4 cm³/mol. The molecule has 1 heterocycles. The topological polar surface area (TPSA) is 43.8 Å². The van der Waals surface area contributed by atoms with Crippen LogP contribution in [-0.2, 0) is 12.6 Å². The second kappa shape index (κ2) is 5.52. The number of aromatic nitrogens is 2. The standard InChI is InChI=1S/C15H18F3N3/c1-9(19)6-12-4-5-14(13(7-12)15(16,17)18)21-8-20-10(2)11(21)3/h4-5,7-9H,6,19H2,1-3H3. The molecule has 0 saturated heterocycles. The number of nitrogens with zero attached hydrogens (tertiary/aromatic N) is 2. The van der Waals surface area contributed by atoms with Gasteiger partial charge in [0.05, 0.1) is 23.3 Å². The molecule has 6 heteroatoms. The number of hydrogen-bond acceptors (Lipinski definition) is 2. The molecule has 2 aromatic rings. The Balaban J connectivity index is 2.58. The Labute approximate surface area is 121 Å². The van der Waals surface area contributed by atoms with Crippen molar-refractivity contribution in [1.82, 2.24) is 9.55 Å². The van der Waals surface area contributed by atoms with Crippen molar-refractivity contribution < 1.29 is 13.2 Å². The first-order valence-electron chi connectivity index (χ1n) is 6.66. The Kier molecular flexibility index (Phi) is 4.09. The van der Waals surface area contributed by atoms with Crippen molar-refractivity contribution in [2.24, 2.45) is 5.73 Å². The molecule has 0 spiro atoms. The minimum atomic E-state index is -4.42. The first kappa shape index (κ1) is 15.6. The number of imidazole rings is 1. The van der Waals surface area contributed by atoms with E-state index in [-0.39, 0.29) is 11.7 Å². The molecule has 3 nitrogen and oxygen atoms in total. The van der Waals surface area contributed by atoms with Crippen LogP contribution < -0.4 is 5.73 Å². The summed E-state index contributed by atoms with van der Waals surface area (Å²) in [7, 11) is 0. The van der Waals surface area contributed by atoms with E-state index in [1.54, 1.807) is 26.8 Å². The summed E-state index contributed by atoms with van der Waals surface area (Å²) in [5.41, 5.74) is 7.07. The molecule has 1 atom stereocenters. The number of aryl methyl sites for hydroxylation is 1. The summed E-state index contributed by atoms with van der Waals surface area (Å²) < 4.78 is 41.4. The summed E-state index contributed by atoms with van der Waals surface area (Å²) in [6.45, 7) is 5.28. The molecule has 0 bridgehead atoms. The Bertz CT molecular complexity index is 642. The lowest BCUT2D eigenvalue weighted by atomic mass is 10.0. The van der Waals surface area contributed by atoms with Crippen molar-refractivity contribution in [1.29, 1.82) is 0 Å². The van der Waals surface area contributed by atoms with Crippen LogP contribution in [0.2, 0.25) is 0 Å². The van der Waals surface area contributed by atoms with Gasteiger partial charge in [0, 0.05) is 11.7 Å². The summed E-state index contributed by atoms with van der Waals surface area (Å²) in [5, 5.41) is 0. The van der Waals surface area contributed by atoms with E-state index in [2.05, 4.69) is 4.98 Å². The summed E-state index contributed by atoms with van der Waals surface area (Å²) in [5.74, 6) is 0. The number of nitrogens with two attached hydrogens (primary N) is 1. The van der Waals surface area contributed by atoms with E-state index in [1.165, 1.54) is 23.0 Å². The molecule has 0 aliphatic carbocycles. The van der Waals surface area contributed by atoms with Crippen molar-refractivity contribution in [3.05, 3.63) is 47.0 Å². The largest absolute Gasteiger partial charge is 0.418 e. The molecule has 114 valence electrons. The molecule has 21 heavy (non-hydrogen) atoms. The van der Waals surface area contributed by atoms with Gasteiger partial charge >= 0.3 is 6.18 Å². The van der Waals surface area contributed by atoms with Crippen molar-refractivity contribution in [3.63, 3.8) is 0 Å². The lowest BCUT2D eigenvalue weighted by Crippen LogP contribution is -2.19. The maximum Gasteiger partial charge on any atom is 0.418 e. The second-order valence-electron chi connectivity index (χ2n) is 5.32. The molecular formula is C15H18F3N3. The predicted octanol–water partition coefficient (Wildman–Crippen LogP) is 3.40. The molecule has 0 fully saturated rings. The van der Waals surface area contributed by atoms with Gasteiger partial charge in [0.1, 0.15) is 0 Å². The highest BCUT2D eigenvalue weighted by atomic mass is 19.4. The molecule has 1 aromatic heterocycles. The summed E-state index contributed by atoms with van der Waals surface area (Å²) in [4.78, 5) is 4.06. The normalized spacial score (nSPS) is 13.5. The van der Waals surface area contributed by atoms with Crippen LogP contribution in [-0.4, -0.2) is 15.6 Å². The van der Waals surface area contributed by atoms with Gasteiger partial charge in [0.15, 0.2) is 0 Å². The van der Waals surface area contributed by atoms with Crippen LogP contribution in [0.4, 0.5) is 13.2 Å². The third kappa shape index (κ3) is 3.26. The van der Waals surface area contributed by atoms with Crippen LogP contribution in [0.1, 0.15) is 29.4 Å². The molecule has 1 aromatic carbocycles. The van der Waals surface area contributed by atoms with E-state index in [9.17, 15) is 13.2 Å². The fraction of sp³-hybridized carbons (Fsp3) is 0.400. The smallest absolute Gasteiger partial charge is 0.328 e. The minimum Gasteiger partial charge on any atom is -0.328 e. The number of rotatable bonds is 3. The maximum atomic E-state index is 13.3. The second-order valence-corrected chi connectivity index (χ2v) is 5.32. The van der Waals surface area contributed by atoms with E-state index < -0.39 is 11.7 Å². The number of benzene rings is 1. The summed E-state index contributed by atoms with van der Waals surface area (Å²) >= 11 is 0. The van der Waals surface area contributed by atoms with Crippen LogP contribution in [0.25, 0.3) is 5.69 Å². The highest BCUT2D eigenvalue weighted by Gasteiger charge is 2.34. The maximum absolute atomic E-state index is 13.3. The zero-order chi connectivity index (χ0) is 15.8. The molecule has 0 aliphatic heterocycles. The fourth-order valence-corrected chi connectivity index (χ4v) is 2.26. The highest BCUT2D eigenvalue weighted by molar-refractivity contribution is 5.47. The average Bonchev–Trinajstić information content (AvgIpc) is 2.68. The molecule has 2 N–H and O–H groups in total. The molecule has 0 aliphatic rings. The Morgan fingerprint density at radius 1 is 1.29 bits per heavy atom. The molecule has 0 saturated carbocycles. The van der Waals surface area contributed by atoms with Crippen LogP contribution in [0.5, 0.6) is 0 Å².